The molecule has 0 radical (unpaired) electrons. The Bertz CT molecular complexity index is 1280. The van der Waals surface area contributed by atoms with Crippen molar-refractivity contribution in [3.8, 4) is 0 Å². The Morgan fingerprint density at radius 3 is 2.72 bits per heavy atom. The first-order valence-electron chi connectivity index (χ1n) is 10.1. The van der Waals surface area contributed by atoms with Crippen LogP contribution in [-0.4, -0.2) is 19.5 Å². The molecule has 1 atom stereocenters. The summed E-state index contributed by atoms with van der Waals surface area (Å²) in [5.41, 5.74) is 9.60. The number of nitrogen functional groups attached to an aromatic ring is 1. The minimum Gasteiger partial charge on any atom is -0.454 e. The summed E-state index contributed by atoms with van der Waals surface area (Å²) >= 11 is 4.94. The number of nitrogens with two attached hydrogens (primary N) is 1. The molecule has 4 aromatic rings. The van der Waals surface area contributed by atoms with Crippen molar-refractivity contribution >= 4 is 44.7 Å². The molecule has 0 spiro atoms. The smallest absolute Gasteiger partial charge is 0.268 e. The van der Waals surface area contributed by atoms with Crippen molar-refractivity contribution in [2.75, 3.05) is 5.73 Å². The number of thioether (sulfide) groups is 1. The first-order valence-corrected chi connectivity index (χ1v) is 11.7. The number of nitrogens with zero attached hydrogens (tertiary/aromatic N) is 4. The van der Waals surface area contributed by atoms with Gasteiger partial charge >= 0.3 is 0 Å². The van der Waals surface area contributed by atoms with Crippen molar-refractivity contribution in [3.05, 3.63) is 87.9 Å². The highest BCUT2D eigenvalue weighted by molar-refractivity contribution is 9.10. The van der Waals surface area contributed by atoms with E-state index in [0.29, 0.717) is 16.4 Å². The summed E-state index contributed by atoms with van der Waals surface area (Å²) < 4.78 is 14.8. The monoisotopic (exact) mass is 509 g/mol. The molecule has 32 heavy (non-hydrogen) atoms. The Morgan fingerprint density at radius 1 is 1.06 bits per heavy atom. The highest BCUT2D eigenvalue weighted by Gasteiger charge is 2.26. The number of rotatable bonds is 7. The Kier molecular flexibility index (Phi) is 6.00. The number of anilines is 1. The Labute approximate surface area is 197 Å². The van der Waals surface area contributed by atoms with E-state index in [-0.39, 0.29) is 0 Å². The van der Waals surface area contributed by atoms with Crippen LogP contribution in [0.1, 0.15) is 23.8 Å². The topological polar surface area (TPSA) is 88.1 Å². The normalized spacial score (nSPS) is 15.4. The lowest BCUT2D eigenvalue weighted by molar-refractivity contribution is -0.0278. The number of aryl methyl sites for hydroxylation is 2. The zero-order valence-electron chi connectivity index (χ0n) is 17.0. The molecule has 5 rings (SSSR count). The van der Waals surface area contributed by atoms with E-state index >= 15 is 0 Å². The number of halogens is 1. The molecule has 0 saturated carbocycles. The van der Waals surface area contributed by atoms with Crippen molar-refractivity contribution in [1.82, 2.24) is 19.5 Å². The average Bonchev–Trinajstić information content (AvgIpc) is 3.41. The molecule has 2 N–H and O–H groups in total. The summed E-state index contributed by atoms with van der Waals surface area (Å²) in [7, 11) is 0. The highest BCUT2D eigenvalue weighted by Crippen LogP contribution is 2.40. The van der Waals surface area contributed by atoms with E-state index in [0.717, 1.165) is 40.2 Å². The number of fused-ring (bicyclic) bond motifs is 1. The van der Waals surface area contributed by atoms with Gasteiger partial charge in [-0.1, -0.05) is 64.5 Å². The molecular formula is C23H20BrN5O2S. The Hall–Kier alpha value is -3.04. The fraction of sp³-hybridized carbons (Fsp3) is 0.174. The molecule has 7 nitrogen and oxygen atoms in total. The quantitative estimate of drug-likeness (QED) is 0.354. The van der Waals surface area contributed by atoms with Crippen LogP contribution < -0.4 is 5.73 Å². The van der Waals surface area contributed by atoms with E-state index in [1.807, 2.05) is 30.3 Å². The van der Waals surface area contributed by atoms with Crippen molar-refractivity contribution in [2.45, 2.75) is 30.8 Å². The summed E-state index contributed by atoms with van der Waals surface area (Å²) in [4.78, 5) is 13.2. The van der Waals surface area contributed by atoms with Crippen molar-refractivity contribution in [3.63, 3.8) is 0 Å². The van der Waals surface area contributed by atoms with Crippen LogP contribution in [0.25, 0.3) is 11.2 Å². The maximum absolute atomic E-state index is 6.07. The lowest BCUT2D eigenvalue weighted by Crippen LogP contribution is -2.04. The number of imidazole rings is 1. The molecule has 9 heteroatoms. The van der Waals surface area contributed by atoms with Gasteiger partial charge in [0, 0.05) is 16.6 Å². The van der Waals surface area contributed by atoms with Gasteiger partial charge in [-0.05, 0) is 36.2 Å². The molecule has 1 aliphatic heterocycles. The Morgan fingerprint density at radius 2 is 1.88 bits per heavy atom. The van der Waals surface area contributed by atoms with Crippen LogP contribution in [0.5, 0.6) is 0 Å². The third kappa shape index (κ3) is 4.31. The van der Waals surface area contributed by atoms with E-state index in [9.17, 15) is 0 Å². The van der Waals surface area contributed by atoms with Gasteiger partial charge in [-0.3, -0.25) is 0 Å². The molecule has 3 heterocycles. The molecule has 0 bridgehead atoms. The second kappa shape index (κ2) is 9.22. The molecule has 1 aliphatic rings. The SMILES string of the molecule is Nc1ncnc2c1nc(SC1=COC(c3ccccc3Br)O1)n2CCCc1ccccc1. The molecule has 162 valence electrons. The fourth-order valence-corrected chi connectivity index (χ4v) is 4.83. The van der Waals surface area contributed by atoms with Gasteiger partial charge in [0.05, 0.1) is 0 Å². The zero-order chi connectivity index (χ0) is 21.9. The van der Waals surface area contributed by atoms with E-state index in [1.54, 1.807) is 6.26 Å². The van der Waals surface area contributed by atoms with Gasteiger partial charge in [0.2, 0.25) is 5.09 Å². The minimum absolute atomic E-state index is 0.363. The number of benzene rings is 2. The summed E-state index contributed by atoms with van der Waals surface area (Å²) in [5.74, 6) is 0.363. The van der Waals surface area contributed by atoms with Crippen LogP contribution in [0.4, 0.5) is 5.82 Å². The van der Waals surface area contributed by atoms with E-state index in [1.165, 1.54) is 23.7 Å². The van der Waals surface area contributed by atoms with Crippen LogP contribution >= 0.6 is 27.7 Å². The minimum atomic E-state index is -0.506. The molecule has 2 aromatic heterocycles. The van der Waals surface area contributed by atoms with Crippen LogP contribution in [0, 0.1) is 0 Å². The first-order chi connectivity index (χ1) is 15.7. The van der Waals surface area contributed by atoms with Crippen LogP contribution in [0.3, 0.4) is 0 Å². The van der Waals surface area contributed by atoms with Gasteiger partial charge in [0.15, 0.2) is 22.1 Å². The van der Waals surface area contributed by atoms with Gasteiger partial charge < -0.3 is 19.8 Å². The van der Waals surface area contributed by atoms with Gasteiger partial charge in [0.25, 0.3) is 6.29 Å². The van der Waals surface area contributed by atoms with Crippen molar-refractivity contribution < 1.29 is 9.47 Å². The molecule has 2 aromatic carbocycles. The predicted octanol–water partition coefficient (Wildman–Crippen LogP) is 5.44. The number of hydrogen-bond donors (Lipinski definition) is 1. The summed E-state index contributed by atoms with van der Waals surface area (Å²) in [6.45, 7) is 0.742. The van der Waals surface area contributed by atoms with Gasteiger partial charge in [0.1, 0.15) is 12.6 Å². The van der Waals surface area contributed by atoms with Gasteiger partial charge in [-0.2, -0.15) is 0 Å². The molecule has 0 amide bonds. The summed E-state index contributed by atoms with van der Waals surface area (Å²) in [5, 5.41) is 1.36. The van der Waals surface area contributed by atoms with Crippen LogP contribution in [0.15, 0.2) is 81.9 Å². The highest BCUT2D eigenvalue weighted by atomic mass is 79.9. The largest absolute Gasteiger partial charge is 0.454 e. The fourth-order valence-electron chi connectivity index (χ4n) is 3.52. The zero-order valence-corrected chi connectivity index (χ0v) is 19.4. The average molecular weight is 510 g/mol. The molecule has 0 fully saturated rings. The summed E-state index contributed by atoms with van der Waals surface area (Å²) in [6, 6.07) is 18.2. The molecular weight excluding hydrogens is 490 g/mol. The van der Waals surface area contributed by atoms with E-state index in [4.69, 9.17) is 20.2 Å². The standard InChI is InChI=1S/C23H20BrN5O2S/c24-17-11-5-4-10-16(17)22-30-13-18(31-22)32-23-28-19-20(25)26-14-27-21(19)29(23)12-6-9-15-7-2-1-3-8-15/h1-5,7-8,10-11,13-14,22H,6,9,12H2,(H2,25,26,27). The first kappa shape index (κ1) is 20.8. The van der Waals surface area contributed by atoms with E-state index in [2.05, 4.69) is 54.7 Å². The maximum atomic E-state index is 6.07. The van der Waals surface area contributed by atoms with Gasteiger partial charge in [-0.15, -0.1) is 0 Å². The predicted molar refractivity (Wildman–Crippen MR) is 127 cm³/mol. The maximum Gasteiger partial charge on any atom is 0.268 e. The van der Waals surface area contributed by atoms with Crippen LogP contribution in [-0.2, 0) is 22.4 Å². The van der Waals surface area contributed by atoms with Crippen LogP contribution in [0.2, 0.25) is 0 Å². The number of hydrogen-bond acceptors (Lipinski definition) is 7. The molecule has 0 saturated heterocycles. The second-order valence-corrected chi connectivity index (χ2v) is 9.04. The van der Waals surface area contributed by atoms with Crippen molar-refractivity contribution in [2.24, 2.45) is 0 Å². The second-order valence-electron chi connectivity index (χ2n) is 7.21. The van der Waals surface area contributed by atoms with Crippen molar-refractivity contribution in [1.29, 1.82) is 0 Å². The third-order valence-electron chi connectivity index (χ3n) is 5.08. The van der Waals surface area contributed by atoms with Gasteiger partial charge in [-0.25, -0.2) is 15.0 Å². The number of aromatic nitrogens is 4. The third-order valence-corrected chi connectivity index (χ3v) is 6.69. The lowest BCUT2D eigenvalue weighted by Gasteiger charge is -2.13. The summed E-state index contributed by atoms with van der Waals surface area (Å²) in [6.07, 6.45) is 4.48. The Balaban J connectivity index is 1.36. The molecule has 0 aliphatic carbocycles. The lowest BCUT2D eigenvalue weighted by atomic mass is 10.1. The van der Waals surface area contributed by atoms with E-state index < -0.39 is 6.29 Å². The number of ether oxygens (including phenoxy) is 2. The molecule has 1 unspecified atom stereocenters.